The summed E-state index contributed by atoms with van der Waals surface area (Å²) in [5.74, 6) is -0.333. The molecule has 0 aliphatic carbocycles. The molecule has 0 heterocycles. The molecule has 0 aromatic heterocycles. The summed E-state index contributed by atoms with van der Waals surface area (Å²) in [7, 11) is -4.43. The first-order valence-corrected chi connectivity index (χ1v) is 14.8. The van der Waals surface area contributed by atoms with Gasteiger partial charge in [-0.1, -0.05) is 96.8 Å². The van der Waals surface area contributed by atoms with E-state index >= 15 is 0 Å². The molecule has 35 heavy (non-hydrogen) atoms. The van der Waals surface area contributed by atoms with Crippen molar-refractivity contribution in [3.63, 3.8) is 0 Å². The average Bonchev–Trinajstić information content (AvgIpc) is 2.80. The van der Waals surface area contributed by atoms with Crippen LogP contribution in [0, 0.1) is 0 Å². The molecule has 0 atom stereocenters. The number of carbonyl (C=O) groups excluding carboxylic acids is 1. The Bertz CT molecular complexity index is 1020. The van der Waals surface area contributed by atoms with E-state index in [1.807, 2.05) is 0 Å². The summed E-state index contributed by atoms with van der Waals surface area (Å²) in [6.45, 7) is 2.26. The Kier molecular flexibility index (Phi) is 13.1. The molecule has 0 saturated carbocycles. The molecule has 196 valence electrons. The Morgan fingerprint density at radius 2 is 1.29 bits per heavy atom. The van der Waals surface area contributed by atoms with E-state index in [4.69, 9.17) is 0 Å². The number of nitrogens with one attached hydrogen (secondary N) is 1. The summed E-state index contributed by atoms with van der Waals surface area (Å²) in [4.78, 5) is 11.9. The molecular weight excluding hydrogens is 462 g/mol. The fourth-order valence-electron chi connectivity index (χ4n) is 4.43. The number of rotatable bonds is 18. The molecule has 2 rings (SSSR count). The minimum absolute atomic E-state index is 0.0887. The summed E-state index contributed by atoms with van der Waals surface area (Å²) < 4.78 is 32.0. The van der Waals surface area contributed by atoms with Crippen molar-refractivity contribution in [3.8, 4) is 5.75 Å². The predicted octanol–water partition coefficient (Wildman–Crippen LogP) is 7.99. The zero-order valence-electron chi connectivity index (χ0n) is 21.2. The van der Waals surface area contributed by atoms with Crippen molar-refractivity contribution < 1.29 is 22.9 Å². The Morgan fingerprint density at radius 1 is 0.771 bits per heavy atom. The van der Waals surface area contributed by atoms with Crippen molar-refractivity contribution in [1.29, 1.82) is 0 Å². The van der Waals surface area contributed by atoms with Crippen LogP contribution in [0.4, 0.5) is 5.69 Å². The van der Waals surface area contributed by atoms with Crippen molar-refractivity contribution in [3.05, 3.63) is 30.3 Å². The number of hydrogen-bond acceptors (Lipinski definition) is 4. The third-order valence-corrected chi connectivity index (χ3v) is 7.32. The first-order valence-electron chi connectivity index (χ1n) is 13.4. The van der Waals surface area contributed by atoms with Crippen molar-refractivity contribution in [2.24, 2.45) is 0 Å². The second kappa shape index (κ2) is 15.8. The molecule has 0 radical (unpaired) electrons. The van der Waals surface area contributed by atoms with Gasteiger partial charge < -0.3 is 10.4 Å². The van der Waals surface area contributed by atoms with Gasteiger partial charge in [0.15, 0.2) is 0 Å². The van der Waals surface area contributed by atoms with E-state index in [0.29, 0.717) is 22.9 Å². The van der Waals surface area contributed by atoms with Gasteiger partial charge in [0, 0.05) is 23.6 Å². The van der Waals surface area contributed by atoms with Gasteiger partial charge in [-0.15, -0.1) is 0 Å². The molecule has 2 aromatic carbocycles. The van der Waals surface area contributed by atoms with Crippen LogP contribution in [0.5, 0.6) is 5.75 Å². The van der Waals surface area contributed by atoms with Crippen LogP contribution in [0.1, 0.15) is 110 Å². The van der Waals surface area contributed by atoms with E-state index in [2.05, 4.69) is 12.2 Å². The third-order valence-electron chi connectivity index (χ3n) is 6.49. The number of benzene rings is 2. The smallest absolute Gasteiger partial charge is 0.294 e. The molecule has 6 nitrogen and oxygen atoms in total. The Hall–Kier alpha value is -2.12. The SMILES string of the molecule is CCCCCCCCCCCCCCCCCC(=O)Nc1ccc2c(O)cc(S(=O)(=O)O)cc2c1. The lowest BCUT2D eigenvalue weighted by molar-refractivity contribution is -0.116. The van der Waals surface area contributed by atoms with Crippen LogP contribution in [0.25, 0.3) is 10.8 Å². The van der Waals surface area contributed by atoms with Crippen LogP contribution in [-0.4, -0.2) is 24.0 Å². The van der Waals surface area contributed by atoms with Gasteiger partial charge in [-0.3, -0.25) is 9.35 Å². The lowest BCUT2D eigenvalue weighted by Crippen LogP contribution is -2.11. The molecular formula is C28H43NO5S. The number of anilines is 1. The second-order valence-corrected chi connectivity index (χ2v) is 11.0. The van der Waals surface area contributed by atoms with Gasteiger partial charge in [0.05, 0.1) is 4.90 Å². The largest absolute Gasteiger partial charge is 0.507 e. The van der Waals surface area contributed by atoms with E-state index < -0.39 is 10.1 Å². The van der Waals surface area contributed by atoms with Crippen LogP contribution >= 0.6 is 0 Å². The lowest BCUT2D eigenvalue weighted by Gasteiger charge is -2.09. The number of hydrogen-bond donors (Lipinski definition) is 3. The molecule has 7 heteroatoms. The monoisotopic (exact) mass is 505 g/mol. The van der Waals surface area contributed by atoms with Gasteiger partial charge in [0.2, 0.25) is 5.91 Å². The highest BCUT2D eigenvalue weighted by Gasteiger charge is 2.14. The number of phenols is 1. The summed E-state index contributed by atoms with van der Waals surface area (Å²) in [6, 6.07) is 7.15. The maximum absolute atomic E-state index is 12.3. The van der Waals surface area contributed by atoms with Crippen LogP contribution in [0.3, 0.4) is 0 Å². The average molecular weight is 506 g/mol. The van der Waals surface area contributed by atoms with Crippen LogP contribution in [0.15, 0.2) is 35.2 Å². The lowest BCUT2D eigenvalue weighted by atomic mass is 10.0. The van der Waals surface area contributed by atoms with Crippen molar-refractivity contribution in [2.75, 3.05) is 5.32 Å². The first-order chi connectivity index (χ1) is 16.8. The number of phenolic OH excluding ortho intramolecular Hbond substituents is 1. The van der Waals surface area contributed by atoms with Crippen molar-refractivity contribution >= 4 is 32.5 Å². The van der Waals surface area contributed by atoms with Crippen molar-refractivity contribution in [2.45, 2.75) is 115 Å². The van der Waals surface area contributed by atoms with E-state index in [-0.39, 0.29) is 16.6 Å². The topological polar surface area (TPSA) is 104 Å². The summed E-state index contributed by atoms with van der Waals surface area (Å²) in [5, 5.41) is 13.7. The van der Waals surface area contributed by atoms with Gasteiger partial charge >= 0.3 is 0 Å². The molecule has 0 unspecified atom stereocenters. The number of fused-ring (bicyclic) bond motifs is 1. The molecule has 0 spiro atoms. The van der Waals surface area contributed by atoms with E-state index in [1.54, 1.807) is 18.2 Å². The summed E-state index contributed by atoms with van der Waals surface area (Å²) in [5.41, 5.74) is 0.523. The fraction of sp³-hybridized carbons (Fsp3) is 0.607. The van der Waals surface area contributed by atoms with Crippen LogP contribution in [-0.2, 0) is 14.9 Å². The molecule has 1 amide bonds. The zero-order valence-corrected chi connectivity index (χ0v) is 22.0. The fourth-order valence-corrected chi connectivity index (χ4v) is 4.97. The second-order valence-electron chi connectivity index (χ2n) is 9.60. The number of amides is 1. The highest BCUT2D eigenvalue weighted by Crippen LogP contribution is 2.30. The molecule has 3 N–H and O–H groups in total. The third kappa shape index (κ3) is 11.4. The van der Waals surface area contributed by atoms with Crippen LogP contribution < -0.4 is 5.32 Å². The minimum atomic E-state index is -4.43. The minimum Gasteiger partial charge on any atom is -0.507 e. The van der Waals surface area contributed by atoms with Gasteiger partial charge in [-0.25, -0.2) is 0 Å². The first kappa shape index (κ1) is 29.1. The van der Waals surface area contributed by atoms with Gasteiger partial charge in [-0.05, 0) is 36.1 Å². The number of carbonyl (C=O) groups is 1. The molecule has 0 saturated heterocycles. The Morgan fingerprint density at radius 3 is 1.80 bits per heavy atom. The Balaban J connectivity index is 1.57. The molecule has 0 aliphatic heterocycles. The van der Waals surface area contributed by atoms with Crippen LogP contribution in [0.2, 0.25) is 0 Å². The number of aromatic hydroxyl groups is 1. The highest BCUT2D eigenvalue weighted by atomic mass is 32.2. The highest BCUT2D eigenvalue weighted by molar-refractivity contribution is 7.85. The van der Waals surface area contributed by atoms with E-state index in [1.165, 1.54) is 83.1 Å². The predicted molar refractivity (Wildman–Crippen MR) is 144 cm³/mol. The van der Waals surface area contributed by atoms with E-state index in [0.717, 1.165) is 25.3 Å². The number of unbranched alkanes of at least 4 members (excludes halogenated alkanes) is 14. The molecule has 2 aromatic rings. The van der Waals surface area contributed by atoms with Gasteiger partial charge in [-0.2, -0.15) is 8.42 Å². The maximum atomic E-state index is 12.3. The standard InChI is InChI=1S/C28H43NO5S/c1-2-3-4-5-6-7-8-9-10-11-12-13-14-15-16-17-28(31)29-24-18-19-26-23(20-24)21-25(22-27(26)30)35(32,33)34/h18-22,30H,2-17H2,1H3,(H,29,31)(H,32,33,34). The molecule has 0 fully saturated rings. The van der Waals surface area contributed by atoms with E-state index in [9.17, 15) is 22.9 Å². The molecule has 0 aliphatic rings. The molecule has 0 bridgehead atoms. The maximum Gasteiger partial charge on any atom is 0.294 e. The quantitative estimate of drug-likeness (QED) is 0.141. The Labute approximate surface area is 211 Å². The summed E-state index contributed by atoms with van der Waals surface area (Å²) in [6.07, 6.45) is 19.6. The van der Waals surface area contributed by atoms with Gasteiger partial charge in [0.25, 0.3) is 10.1 Å². The normalized spacial score (nSPS) is 11.7. The summed E-state index contributed by atoms with van der Waals surface area (Å²) >= 11 is 0. The zero-order chi connectivity index (χ0) is 25.5. The van der Waals surface area contributed by atoms with Crippen molar-refractivity contribution in [1.82, 2.24) is 0 Å². The van der Waals surface area contributed by atoms with Gasteiger partial charge in [0.1, 0.15) is 5.75 Å².